The minimum atomic E-state index is -0.480. The molecule has 2 fully saturated rings. The van der Waals surface area contributed by atoms with Gasteiger partial charge in [-0.2, -0.15) is 0 Å². The van der Waals surface area contributed by atoms with Crippen molar-refractivity contribution in [2.24, 2.45) is 11.8 Å². The van der Waals surface area contributed by atoms with Crippen molar-refractivity contribution >= 4 is 34.1 Å². The third kappa shape index (κ3) is 5.46. The first kappa shape index (κ1) is 26.7. The van der Waals surface area contributed by atoms with Crippen molar-refractivity contribution in [1.82, 2.24) is 20.2 Å². The van der Waals surface area contributed by atoms with E-state index in [0.29, 0.717) is 6.54 Å². The Morgan fingerprint density at radius 2 is 1.92 bits per heavy atom. The second kappa shape index (κ2) is 11.5. The van der Waals surface area contributed by atoms with Crippen molar-refractivity contribution in [3.63, 3.8) is 0 Å². The summed E-state index contributed by atoms with van der Waals surface area (Å²) >= 11 is 1.54. The van der Waals surface area contributed by atoms with Gasteiger partial charge in [0.1, 0.15) is 16.9 Å². The molecular formula is C30H37FN4O2S. The third-order valence-electron chi connectivity index (χ3n) is 8.26. The fourth-order valence-corrected chi connectivity index (χ4v) is 6.87. The molecule has 1 aliphatic carbocycles. The lowest BCUT2D eigenvalue weighted by molar-refractivity contribution is -0.140. The van der Waals surface area contributed by atoms with Gasteiger partial charge in [0, 0.05) is 34.5 Å². The van der Waals surface area contributed by atoms with Crippen molar-refractivity contribution < 1.29 is 14.0 Å². The van der Waals surface area contributed by atoms with Gasteiger partial charge in [0.05, 0.1) is 17.3 Å². The maximum Gasteiger partial charge on any atom is 0.246 e. The number of fused-ring (bicyclic) bond motifs is 1. The highest BCUT2D eigenvalue weighted by molar-refractivity contribution is 7.10. The quantitative estimate of drug-likeness (QED) is 0.370. The Labute approximate surface area is 228 Å². The average Bonchev–Trinajstić information content (AvgIpc) is 3.61. The van der Waals surface area contributed by atoms with Crippen LogP contribution in [-0.2, 0) is 9.59 Å². The van der Waals surface area contributed by atoms with Crippen LogP contribution in [0.2, 0.25) is 0 Å². The molecule has 2 aromatic heterocycles. The number of amides is 2. The minimum Gasteiger partial charge on any atom is -0.344 e. The number of nitrogens with zero attached hydrogens (tertiary/aromatic N) is 3. The molecule has 1 saturated carbocycles. The largest absolute Gasteiger partial charge is 0.344 e. The fourth-order valence-electron chi connectivity index (χ4n) is 5.90. The van der Waals surface area contributed by atoms with Gasteiger partial charge < -0.3 is 10.2 Å². The zero-order valence-corrected chi connectivity index (χ0v) is 23.3. The van der Waals surface area contributed by atoms with Gasteiger partial charge in [-0.1, -0.05) is 33.1 Å². The highest BCUT2D eigenvalue weighted by Gasteiger charge is 2.40. The SMILES string of the molecule is CC[C@@H](C)C(=O)N[C@H](C(=O)N1CCC[C@H]1c1nc(-c2cc(C)nc3ccc(F)cc23)cs1)C1CCCCC1. The molecule has 1 aliphatic heterocycles. The molecule has 3 aromatic rings. The number of halogens is 1. The molecule has 3 heterocycles. The summed E-state index contributed by atoms with van der Waals surface area (Å²) in [5, 5.41) is 6.78. The number of aryl methyl sites for hydroxylation is 1. The first-order chi connectivity index (χ1) is 18.4. The van der Waals surface area contributed by atoms with Crippen LogP contribution in [0.15, 0.2) is 29.6 Å². The van der Waals surface area contributed by atoms with Gasteiger partial charge in [-0.3, -0.25) is 14.6 Å². The Bertz CT molecular complexity index is 1320. The lowest BCUT2D eigenvalue weighted by Crippen LogP contribution is -2.53. The van der Waals surface area contributed by atoms with Crippen molar-refractivity contribution in [3.8, 4) is 11.3 Å². The van der Waals surface area contributed by atoms with Crippen LogP contribution >= 0.6 is 11.3 Å². The number of carbonyl (C=O) groups is 2. The van der Waals surface area contributed by atoms with Crippen LogP contribution in [0.4, 0.5) is 4.39 Å². The number of hydrogen-bond donors (Lipinski definition) is 1. The van der Waals surface area contributed by atoms with Crippen LogP contribution in [-0.4, -0.2) is 39.3 Å². The minimum absolute atomic E-state index is 0.0279. The van der Waals surface area contributed by atoms with Crippen LogP contribution in [0.1, 0.15) is 82.0 Å². The van der Waals surface area contributed by atoms with Crippen molar-refractivity contribution in [2.45, 2.75) is 84.2 Å². The number of benzene rings is 1. The monoisotopic (exact) mass is 536 g/mol. The van der Waals surface area contributed by atoms with E-state index in [1.165, 1.54) is 18.6 Å². The summed E-state index contributed by atoms with van der Waals surface area (Å²) in [6.45, 7) is 6.52. The van der Waals surface area contributed by atoms with Gasteiger partial charge in [0.25, 0.3) is 0 Å². The van der Waals surface area contributed by atoms with E-state index in [2.05, 4.69) is 10.3 Å². The summed E-state index contributed by atoms with van der Waals surface area (Å²) in [6.07, 6.45) is 7.85. The number of aromatic nitrogens is 2. The molecule has 3 atom stereocenters. The predicted molar refractivity (Wildman–Crippen MR) is 149 cm³/mol. The van der Waals surface area contributed by atoms with Gasteiger partial charge >= 0.3 is 0 Å². The van der Waals surface area contributed by atoms with E-state index in [-0.39, 0.29) is 35.5 Å². The molecule has 2 aliphatic rings. The summed E-state index contributed by atoms with van der Waals surface area (Å²) in [6, 6.07) is 5.99. The summed E-state index contributed by atoms with van der Waals surface area (Å²) in [5.74, 6) is -0.247. The second-order valence-electron chi connectivity index (χ2n) is 10.9. The lowest BCUT2D eigenvalue weighted by Gasteiger charge is -2.35. The normalized spacial score (nSPS) is 20.0. The van der Waals surface area contributed by atoms with E-state index >= 15 is 0 Å². The zero-order valence-electron chi connectivity index (χ0n) is 22.5. The second-order valence-corrected chi connectivity index (χ2v) is 11.8. The van der Waals surface area contributed by atoms with E-state index in [0.717, 1.165) is 77.8 Å². The number of thiazole rings is 1. The van der Waals surface area contributed by atoms with Gasteiger partial charge in [-0.25, -0.2) is 9.37 Å². The van der Waals surface area contributed by atoms with Crippen LogP contribution < -0.4 is 5.32 Å². The highest BCUT2D eigenvalue weighted by Crippen LogP contribution is 2.39. The summed E-state index contributed by atoms with van der Waals surface area (Å²) in [4.78, 5) is 38.4. The van der Waals surface area contributed by atoms with Crippen LogP contribution in [0, 0.1) is 24.6 Å². The van der Waals surface area contributed by atoms with E-state index in [9.17, 15) is 14.0 Å². The molecule has 0 bridgehead atoms. The van der Waals surface area contributed by atoms with E-state index < -0.39 is 6.04 Å². The predicted octanol–water partition coefficient (Wildman–Crippen LogP) is 6.58. The maximum atomic E-state index is 14.1. The lowest BCUT2D eigenvalue weighted by atomic mass is 9.83. The third-order valence-corrected chi connectivity index (χ3v) is 9.21. The van der Waals surface area contributed by atoms with Crippen LogP contribution in [0.3, 0.4) is 0 Å². The van der Waals surface area contributed by atoms with E-state index in [1.807, 2.05) is 37.1 Å². The fraction of sp³-hybridized carbons (Fsp3) is 0.533. The first-order valence-electron chi connectivity index (χ1n) is 14.0. The first-order valence-corrected chi connectivity index (χ1v) is 14.9. The molecule has 2 amide bonds. The average molecular weight is 537 g/mol. The van der Waals surface area contributed by atoms with E-state index in [4.69, 9.17) is 4.98 Å². The molecule has 202 valence electrons. The Balaban J connectivity index is 1.42. The summed E-state index contributed by atoms with van der Waals surface area (Å²) in [5.41, 5.74) is 3.21. The molecule has 1 aromatic carbocycles. The molecule has 5 rings (SSSR count). The Hall–Kier alpha value is -2.87. The Morgan fingerprint density at radius 1 is 1.13 bits per heavy atom. The van der Waals surface area contributed by atoms with Gasteiger partial charge in [-0.05, 0) is 69.2 Å². The van der Waals surface area contributed by atoms with Crippen molar-refractivity contribution in [2.75, 3.05) is 6.54 Å². The standard InChI is InChI=1S/C30H37FN4O2S/c1-4-18(2)28(36)34-27(20-9-6-5-7-10-20)30(37)35-14-8-11-26(35)29-33-25(17-38-29)22-15-19(3)32-24-13-12-21(31)16-23(22)24/h12-13,15-18,20,26-27H,4-11,14H2,1-3H3,(H,34,36)/t18-,26+,27+/m1/s1. The Kier molecular flexibility index (Phi) is 8.07. The summed E-state index contributed by atoms with van der Waals surface area (Å²) in [7, 11) is 0. The van der Waals surface area contributed by atoms with Crippen LogP contribution in [0.25, 0.3) is 22.2 Å². The molecule has 38 heavy (non-hydrogen) atoms. The van der Waals surface area contributed by atoms with Crippen LogP contribution in [0.5, 0.6) is 0 Å². The molecule has 0 spiro atoms. The molecule has 0 unspecified atom stereocenters. The number of rotatable bonds is 7. The smallest absolute Gasteiger partial charge is 0.246 e. The molecule has 6 nitrogen and oxygen atoms in total. The molecule has 1 N–H and O–H groups in total. The maximum absolute atomic E-state index is 14.1. The van der Waals surface area contributed by atoms with E-state index in [1.54, 1.807) is 17.4 Å². The number of nitrogens with one attached hydrogen (secondary N) is 1. The summed E-state index contributed by atoms with van der Waals surface area (Å²) < 4.78 is 14.1. The topological polar surface area (TPSA) is 75.2 Å². The Morgan fingerprint density at radius 3 is 2.68 bits per heavy atom. The van der Waals surface area contributed by atoms with Crippen molar-refractivity contribution in [3.05, 3.63) is 46.2 Å². The number of hydrogen-bond acceptors (Lipinski definition) is 5. The highest BCUT2D eigenvalue weighted by atomic mass is 32.1. The van der Waals surface area contributed by atoms with Gasteiger partial charge in [0.2, 0.25) is 11.8 Å². The molecule has 1 saturated heterocycles. The van der Waals surface area contributed by atoms with Gasteiger partial charge in [0.15, 0.2) is 0 Å². The molecule has 8 heteroatoms. The van der Waals surface area contributed by atoms with Gasteiger partial charge in [-0.15, -0.1) is 11.3 Å². The zero-order chi connectivity index (χ0) is 26.8. The molecule has 0 radical (unpaired) electrons. The number of carbonyl (C=O) groups excluding carboxylic acids is 2. The van der Waals surface area contributed by atoms with Crippen molar-refractivity contribution in [1.29, 1.82) is 0 Å². The number of likely N-dealkylation sites (tertiary alicyclic amines) is 1. The molecular weight excluding hydrogens is 499 g/mol. The number of pyridine rings is 1.